The summed E-state index contributed by atoms with van der Waals surface area (Å²) in [6.07, 6.45) is -1.35. The second-order valence-corrected chi connectivity index (χ2v) is 5.17. The molecule has 1 atom stereocenters. The molecule has 2 aromatic rings. The van der Waals surface area contributed by atoms with E-state index in [1.807, 2.05) is 19.0 Å². The number of H-pyrrole nitrogens is 1. The first-order valence-electron chi connectivity index (χ1n) is 10.6. The van der Waals surface area contributed by atoms with E-state index in [1.165, 1.54) is 0 Å². The lowest BCUT2D eigenvalue weighted by Gasteiger charge is -2.09. The molecule has 1 aromatic carbocycles. The van der Waals surface area contributed by atoms with Gasteiger partial charge in [0.1, 0.15) is 6.56 Å². The molecule has 1 aliphatic heterocycles. The van der Waals surface area contributed by atoms with Gasteiger partial charge in [0.25, 0.3) is 0 Å². The molecule has 0 radical (unpaired) electrons. The highest BCUT2D eigenvalue weighted by molar-refractivity contribution is 5.84. The molecule has 2 heterocycles. The maximum atomic E-state index is 11.6. The molecule has 0 bridgehead atoms. The average molecular weight is 295 g/mol. The van der Waals surface area contributed by atoms with Crippen LogP contribution in [0.25, 0.3) is 10.9 Å². The Labute approximate surface area is 135 Å². The minimum absolute atomic E-state index is 0.0213. The zero-order valence-electron chi connectivity index (χ0n) is 19.9. The minimum Gasteiger partial charge on any atom is -0.447 e. The number of aromatic amines is 1. The SMILES string of the molecule is [2H]c1c(C[C@@H]2N([2H])C(=O)OC2([2H])[2H])c([2H])c2c(CCN(C)C)c([2H])n([2H])c2c1[2H]. The Morgan fingerprint density at radius 3 is 3.14 bits per heavy atom. The number of carbonyl (C=O) groups is 1. The van der Waals surface area contributed by atoms with Crippen molar-refractivity contribution in [3.8, 4) is 0 Å². The third-order valence-electron chi connectivity index (χ3n) is 3.20. The van der Waals surface area contributed by atoms with Gasteiger partial charge in [0, 0.05) is 23.6 Å². The fraction of sp³-hybridized carbons (Fsp3) is 0.438. The van der Waals surface area contributed by atoms with Gasteiger partial charge in [-0.05, 0) is 50.1 Å². The average Bonchev–Trinajstić information content (AvgIpc) is 2.98. The van der Waals surface area contributed by atoms with Crippen LogP contribution in [0, 0.1) is 0 Å². The van der Waals surface area contributed by atoms with Crippen LogP contribution in [0.15, 0.2) is 24.3 Å². The second-order valence-electron chi connectivity index (χ2n) is 5.17. The largest absolute Gasteiger partial charge is 0.447 e. The van der Waals surface area contributed by atoms with Gasteiger partial charge in [-0.15, -0.1) is 0 Å². The number of hydrogen-bond donors (Lipinski definition) is 2. The van der Waals surface area contributed by atoms with Crippen molar-refractivity contribution in [3.05, 3.63) is 35.4 Å². The highest BCUT2D eigenvalue weighted by atomic mass is 16.6. The Morgan fingerprint density at radius 2 is 2.43 bits per heavy atom. The molecule has 2 N–H and O–H groups in total. The van der Waals surface area contributed by atoms with Crippen LogP contribution in [0.3, 0.4) is 0 Å². The van der Waals surface area contributed by atoms with E-state index in [0.717, 1.165) is 4.98 Å². The van der Waals surface area contributed by atoms with E-state index in [4.69, 9.17) is 11.0 Å². The van der Waals surface area contributed by atoms with E-state index in [-0.39, 0.29) is 41.1 Å². The lowest BCUT2D eigenvalue weighted by Crippen LogP contribution is -2.28. The van der Waals surface area contributed by atoms with Gasteiger partial charge in [0.15, 0.2) is 2.82 Å². The van der Waals surface area contributed by atoms with Gasteiger partial charge in [-0.25, -0.2) is 4.79 Å². The van der Waals surface area contributed by atoms with Crippen molar-refractivity contribution in [1.29, 1.82) is 0 Å². The number of fused-ring (bicyclic) bond motifs is 1. The Hall–Kier alpha value is -2.01. The number of amides is 1. The number of nitrogens with one attached hydrogen (secondary N) is 2. The van der Waals surface area contributed by atoms with Crippen LogP contribution in [0.1, 0.15) is 19.4 Å². The molecular formula is C16H21N3O2. The van der Waals surface area contributed by atoms with Crippen LogP contribution < -0.4 is 5.31 Å². The topological polar surface area (TPSA) is 57.4 Å². The van der Waals surface area contributed by atoms with Crippen molar-refractivity contribution in [3.63, 3.8) is 0 Å². The second kappa shape index (κ2) is 5.77. The fourth-order valence-electron chi connectivity index (χ4n) is 2.12. The van der Waals surface area contributed by atoms with Crippen molar-refractivity contribution in [1.82, 2.24) is 15.2 Å². The molecule has 0 spiro atoms. The Kier molecular flexibility index (Phi) is 2.01. The summed E-state index contributed by atoms with van der Waals surface area (Å²) >= 11 is 0. The summed E-state index contributed by atoms with van der Waals surface area (Å²) in [5, 5.41) is 0.538. The molecule has 1 aromatic heterocycles. The Bertz CT molecular complexity index is 991. The number of nitrogens with zero attached hydrogens (tertiary/aromatic N) is 1. The number of aromatic nitrogens is 1. The standard InChI is InChI=1S/C16H21N3O2/c1-19(2)6-5-12-9-17-15-4-3-11(8-14(12)15)7-13-10-21-16(20)18-13/h3-4,8-9,13,17H,5-7,10H2,1-2H3,(H,18,20)/t13-/m0/s1/i3D,4D,8D,9D,10D2/hD2. The van der Waals surface area contributed by atoms with Crippen LogP contribution in [0.5, 0.6) is 0 Å². The van der Waals surface area contributed by atoms with E-state index in [1.54, 1.807) is 0 Å². The van der Waals surface area contributed by atoms with Crippen molar-refractivity contribution in [2.24, 2.45) is 0 Å². The molecule has 0 saturated carbocycles. The first-order chi connectivity index (χ1) is 13.4. The van der Waals surface area contributed by atoms with Crippen LogP contribution in [0.4, 0.5) is 4.79 Å². The molecule has 0 unspecified atom stereocenters. The zero-order chi connectivity index (χ0) is 21.8. The molecule has 112 valence electrons. The maximum absolute atomic E-state index is 11.6. The number of cyclic esters (lactones) is 1. The summed E-state index contributed by atoms with van der Waals surface area (Å²) < 4.78 is 69.4. The van der Waals surface area contributed by atoms with Crippen LogP contribution in [-0.4, -0.2) is 49.2 Å². The van der Waals surface area contributed by atoms with Gasteiger partial charge >= 0.3 is 6.09 Å². The summed E-state index contributed by atoms with van der Waals surface area (Å²) in [6.45, 7) is -1.94. The number of rotatable bonds is 5. The fourth-order valence-corrected chi connectivity index (χ4v) is 2.12. The van der Waals surface area contributed by atoms with Crippen LogP contribution >= 0.6 is 0 Å². The van der Waals surface area contributed by atoms with Gasteiger partial charge in [-0.1, -0.05) is 6.04 Å². The monoisotopic (exact) mass is 295 g/mol. The van der Waals surface area contributed by atoms with Gasteiger partial charge in [-0.2, -0.15) is 0 Å². The number of carbonyl (C=O) groups excluding carboxylic acids is 1. The summed E-state index contributed by atoms with van der Waals surface area (Å²) in [4.78, 5) is 14.2. The van der Waals surface area contributed by atoms with Gasteiger partial charge in [0.05, 0.1) is 14.3 Å². The molecule has 1 saturated heterocycles. The Balaban J connectivity index is 2.19. The molecule has 1 aliphatic rings. The first-order valence-corrected chi connectivity index (χ1v) is 6.66. The molecule has 1 fully saturated rings. The quantitative estimate of drug-likeness (QED) is 0.886. The molecule has 0 aliphatic carbocycles. The smallest absolute Gasteiger partial charge is 0.407 e. The van der Waals surface area contributed by atoms with E-state index in [0.29, 0.717) is 23.8 Å². The lowest BCUT2D eigenvalue weighted by molar-refractivity contribution is 0.177. The van der Waals surface area contributed by atoms with Crippen molar-refractivity contribution >= 4 is 17.0 Å². The normalized spacial score (nSPS) is 26.5. The predicted molar refractivity (Wildman–Crippen MR) is 82.5 cm³/mol. The third kappa shape index (κ3) is 3.19. The summed E-state index contributed by atoms with van der Waals surface area (Å²) in [7, 11) is 3.69. The van der Waals surface area contributed by atoms with Crippen molar-refractivity contribution in [2.75, 3.05) is 27.2 Å². The number of hydrogen-bond acceptors (Lipinski definition) is 3. The number of alkyl carbamates (subject to hydrolysis) is 1. The summed E-state index contributed by atoms with van der Waals surface area (Å²) in [6, 6.07) is -2.33. The van der Waals surface area contributed by atoms with E-state index in [9.17, 15) is 4.79 Å². The zero-order valence-corrected chi connectivity index (χ0v) is 11.9. The van der Waals surface area contributed by atoms with Gasteiger partial charge < -0.3 is 19.9 Å². The first kappa shape index (κ1) is 7.31. The Morgan fingerprint density at radius 1 is 1.57 bits per heavy atom. The molecule has 5 heteroatoms. The van der Waals surface area contributed by atoms with E-state index >= 15 is 0 Å². The lowest BCUT2D eigenvalue weighted by atomic mass is 10.0. The third-order valence-corrected chi connectivity index (χ3v) is 3.20. The summed E-state index contributed by atoms with van der Waals surface area (Å²) in [5.74, 6) is 0. The minimum atomic E-state index is -2.48. The summed E-state index contributed by atoms with van der Waals surface area (Å²) in [5.41, 5.74) is 0.351. The molecule has 1 amide bonds. The predicted octanol–water partition coefficient (Wildman–Crippen LogP) is 1.92. The van der Waals surface area contributed by atoms with Gasteiger partial charge in [-0.3, -0.25) is 0 Å². The van der Waals surface area contributed by atoms with Crippen molar-refractivity contribution < 1.29 is 20.6 Å². The van der Waals surface area contributed by atoms with Crippen LogP contribution in [0.2, 0.25) is 2.82 Å². The van der Waals surface area contributed by atoms with Crippen LogP contribution in [-0.2, 0) is 17.6 Å². The van der Waals surface area contributed by atoms with E-state index in [2.05, 4.69) is 4.74 Å². The highest BCUT2D eigenvalue weighted by Gasteiger charge is 2.22. The number of benzene rings is 1. The molecule has 21 heavy (non-hydrogen) atoms. The van der Waals surface area contributed by atoms with Crippen molar-refractivity contribution in [2.45, 2.75) is 18.9 Å². The number of likely N-dealkylation sites (N-methyl/N-ethyl adjacent to an activating group) is 1. The molecule has 3 rings (SSSR count). The highest BCUT2D eigenvalue weighted by Crippen LogP contribution is 2.21. The maximum Gasteiger partial charge on any atom is 0.407 e. The van der Waals surface area contributed by atoms with E-state index < -0.39 is 24.7 Å². The number of ether oxygens (including phenoxy) is 1. The van der Waals surface area contributed by atoms with Gasteiger partial charge in [0.2, 0.25) is 0 Å². The molecule has 5 nitrogen and oxygen atoms in total. The molecular weight excluding hydrogens is 266 g/mol.